The first-order chi connectivity index (χ1) is 8.58. The number of amides is 1. The Labute approximate surface area is 131 Å². The minimum absolute atomic E-state index is 0.0796. The molecule has 5 heteroatoms. The van der Waals surface area contributed by atoms with E-state index in [1.165, 1.54) is 0 Å². The summed E-state index contributed by atoms with van der Waals surface area (Å²) in [6, 6.07) is 5.33. The lowest BCUT2D eigenvalue weighted by atomic mass is 10.1. The van der Waals surface area contributed by atoms with Crippen molar-refractivity contribution >= 4 is 51.7 Å². The highest BCUT2D eigenvalue weighted by molar-refractivity contribution is 14.1. The van der Waals surface area contributed by atoms with Crippen molar-refractivity contribution in [3.05, 3.63) is 32.4 Å². The van der Waals surface area contributed by atoms with Crippen LogP contribution in [0.4, 0.5) is 0 Å². The Kier molecular flexibility index (Phi) is 5.15. The first-order valence-electron chi connectivity index (χ1n) is 5.95. The van der Waals surface area contributed by atoms with Crippen molar-refractivity contribution in [1.29, 1.82) is 0 Å². The fraction of sp³-hybridized carbons (Fsp3) is 0.462. The zero-order chi connectivity index (χ0) is 13.1. The molecule has 2 unspecified atom stereocenters. The summed E-state index contributed by atoms with van der Waals surface area (Å²) < 4.78 is 0.947. The molecule has 1 aliphatic carbocycles. The van der Waals surface area contributed by atoms with Crippen LogP contribution in [0.1, 0.15) is 29.6 Å². The molecule has 1 N–H and O–H groups in total. The van der Waals surface area contributed by atoms with E-state index in [-0.39, 0.29) is 11.3 Å². The first kappa shape index (κ1) is 14.4. The lowest BCUT2D eigenvalue weighted by Crippen LogP contribution is -2.31. The maximum atomic E-state index is 12.0. The summed E-state index contributed by atoms with van der Waals surface area (Å²) >= 11 is 14.3. The van der Waals surface area contributed by atoms with Gasteiger partial charge in [0.1, 0.15) is 0 Å². The van der Waals surface area contributed by atoms with Crippen LogP contribution in [-0.4, -0.2) is 17.8 Å². The van der Waals surface area contributed by atoms with E-state index in [9.17, 15) is 4.79 Å². The van der Waals surface area contributed by atoms with Gasteiger partial charge < -0.3 is 5.32 Å². The van der Waals surface area contributed by atoms with Gasteiger partial charge in [-0.25, -0.2) is 0 Å². The van der Waals surface area contributed by atoms with Gasteiger partial charge in [-0.2, -0.15) is 0 Å². The second-order valence-corrected chi connectivity index (χ2v) is 6.68. The molecule has 0 spiro atoms. The van der Waals surface area contributed by atoms with E-state index in [1.54, 1.807) is 12.1 Å². The Morgan fingerprint density at radius 2 is 2.22 bits per heavy atom. The topological polar surface area (TPSA) is 29.1 Å². The Hall–Kier alpha value is -0.0000000000000000555. The molecule has 0 heterocycles. The van der Waals surface area contributed by atoms with E-state index in [0.29, 0.717) is 23.0 Å². The number of hydrogen-bond acceptors (Lipinski definition) is 1. The van der Waals surface area contributed by atoms with E-state index in [0.717, 1.165) is 22.8 Å². The van der Waals surface area contributed by atoms with Gasteiger partial charge in [0.25, 0.3) is 5.91 Å². The Balaban J connectivity index is 1.93. The van der Waals surface area contributed by atoms with E-state index in [4.69, 9.17) is 23.2 Å². The minimum Gasteiger partial charge on any atom is -0.352 e. The van der Waals surface area contributed by atoms with Crippen LogP contribution in [0, 0.1) is 9.49 Å². The maximum Gasteiger partial charge on any atom is 0.251 e. The average Bonchev–Trinajstić information content (AvgIpc) is 2.75. The number of benzene rings is 1. The number of carbonyl (C=O) groups excluding carboxylic acids is 1. The summed E-state index contributed by atoms with van der Waals surface area (Å²) in [4.78, 5) is 12.0. The largest absolute Gasteiger partial charge is 0.352 e. The monoisotopic (exact) mass is 397 g/mol. The Morgan fingerprint density at radius 3 is 2.83 bits per heavy atom. The van der Waals surface area contributed by atoms with E-state index in [2.05, 4.69) is 27.9 Å². The van der Waals surface area contributed by atoms with Crippen molar-refractivity contribution in [3.8, 4) is 0 Å². The maximum absolute atomic E-state index is 12.0. The van der Waals surface area contributed by atoms with Crippen LogP contribution in [0.2, 0.25) is 5.02 Å². The fourth-order valence-electron chi connectivity index (χ4n) is 2.18. The Bertz CT molecular complexity index is 453. The highest BCUT2D eigenvalue weighted by Gasteiger charge is 2.25. The average molecular weight is 398 g/mol. The molecule has 2 atom stereocenters. The summed E-state index contributed by atoms with van der Waals surface area (Å²) in [7, 11) is 0. The first-order valence-corrected chi connectivity index (χ1v) is 7.84. The van der Waals surface area contributed by atoms with Crippen molar-refractivity contribution in [2.45, 2.75) is 24.6 Å². The van der Waals surface area contributed by atoms with Crippen molar-refractivity contribution < 1.29 is 4.79 Å². The molecular formula is C13H14Cl2INO. The zero-order valence-corrected chi connectivity index (χ0v) is 13.4. The number of halogens is 3. The predicted molar refractivity (Wildman–Crippen MR) is 83.5 cm³/mol. The van der Waals surface area contributed by atoms with Crippen molar-refractivity contribution in [2.75, 3.05) is 6.54 Å². The number of nitrogens with one attached hydrogen (secondary N) is 1. The molecule has 98 valence electrons. The molecule has 1 aliphatic rings. The zero-order valence-electron chi connectivity index (χ0n) is 9.76. The molecule has 2 nitrogen and oxygen atoms in total. The van der Waals surface area contributed by atoms with E-state index < -0.39 is 0 Å². The second-order valence-electron chi connectivity index (χ2n) is 4.55. The van der Waals surface area contributed by atoms with Gasteiger partial charge in [0.15, 0.2) is 0 Å². The smallest absolute Gasteiger partial charge is 0.251 e. The molecule has 1 aromatic carbocycles. The van der Waals surface area contributed by atoms with Crippen LogP contribution in [0.5, 0.6) is 0 Å². The fourth-order valence-corrected chi connectivity index (χ4v) is 3.07. The summed E-state index contributed by atoms with van der Waals surface area (Å²) in [5.74, 6) is 0.319. The predicted octanol–water partition coefficient (Wildman–Crippen LogP) is 4.08. The molecule has 2 rings (SSSR count). The van der Waals surface area contributed by atoms with Gasteiger partial charge in [0.05, 0.1) is 5.02 Å². The molecule has 0 aliphatic heterocycles. The van der Waals surface area contributed by atoms with Crippen LogP contribution < -0.4 is 5.32 Å². The molecule has 0 saturated heterocycles. The molecule has 0 bridgehead atoms. The van der Waals surface area contributed by atoms with E-state index >= 15 is 0 Å². The van der Waals surface area contributed by atoms with Crippen molar-refractivity contribution in [1.82, 2.24) is 5.32 Å². The minimum atomic E-state index is -0.0796. The van der Waals surface area contributed by atoms with Crippen LogP contribution >= 0.6 is 45.8 Å². The van der Waals surface area contributed by atoms with Gasteiger partial charge in [-0.1, -0.05) is 18.0 Å². The van der Waals surface area contributed by atoms with Gasteiger partial charge in [-0.15, -0.1) is 11.6 Å². The third-order valence-electron chi connectivity index (χ3n) is 3.27. The number of hydrogen-bond donors (Lipinski definition) is 1. The van der Waals surface area contributed by atoms with Gasteiger partial charge in [0, 0.05) is 21.1 Å². The molecule has 1 saturated carbocycles. The number of carbonyl (C=O) groups is 1. The summed E-state index contributed by atoms with van der Waals surface area (Å²) in [5, 5.41) is 3.74. The summed E-state index contributed by atoms with van der Waals surface area (Å²) in [6.45, 7) is 0.649. The van der Waals surface area contributed by atoms with Crippen molar-refractivity contribution in [3.63, 3.8) is 0 Å². The van der Waals surface area contributed by atoms with Gasteiger partial charge in [0.2, 0.25) is 0 Å². The second kappa shape index (κ2) is 6.44. The van der Waals surface area contributed by atoms with Crippen molar-refractivity contribution in [2.24, 2.45) is 5.92 Å². The summed E-state index contributed by atoms with van der Waals surface area (Å²) in [6.07, 6.45) is 3.31. The lowest BCUT2D eigenvalue weighted by molar-refractivity contribution is 0.0947. The van der Waals surface area contributed by atoms with E-state index in [1.807, 2.05) is 6.07 Å². The summed E-state index contributed by atoms with van der Waals surface area (Å²) in [5.41, 5.74) is 0.601. The third kappa shape index (κ3) is 3.52. The molecule has 0 aromatic heterocycles. The van der Waals surface area contributed by atoms with Crippen LogP contribution in [0.15, 0.2) is 18.2 Å². The molecule has 18 heavy (non-hydrogen) atoms. The SMILES string of the molecule is O=C(NCC1CCCC1Cl)c1ccc(I)c(Cl)c1. The third-order valence-corrected chi connectivity index (χ3v) is 5.42. The van der Waals surface area contributed by atoms with Crippen LogP contribution in [0.25, 0.3) is 0 Å². The Morgan fingerprint density at radius 1 is 1.44 bits per heavy atom. The highest BCUT2D eigenvalue weighted by Crippen LogP contribution is 2.29. The molecule has 0 radical (unpaired) electrons. The lowest BCUT2D eigenvalue weighted by Gasteiger charge is -2.14. The van der Waals surface area contributed by atoms with Gasteiger partial charge in [-0.3, -0.25) is 4.79 Å². The quantitative estimate of drug-likeness (QED) is 0.604. The van der Waals surface area contributed by atoms with Gasteiger partial charge >= 0.3 is 0 Å². The normalized spacial score (nSPS) is 23.1. The van der Waals surface area contributed by atoms with Crippen LogP contribution in [0.3, 0.4) is 0 Å². The molecule has 1 fully saturated rings. The molecule has 1 aromatic rings. The standard InChI is InChI=1S/C13H14Cl2INO/c14-10-3-1-2-9(10)7-17-13(18)8-4-5-12(16)11(15)6-8/h4-6,9-10H,1-3,7H2,(H,17,18). The molecule has 1 amide bonds. The van der Waals surface area contributed by atoms with Gasteiger partial charge in [-0.05, 0) is 59.5 Å². The number of alkyl halides is 1. The molecular weight excluding hydrogens is 384 g/mol. The number of rotatable bonds is 3. The highest BCUT2D eigenvalue weighted by atomic mass is 127. The van der Waals surface area contributed by atoms with Crippen LogP contribution in [-0.2, 0) is 0 Å².